The fourth-order valence-corrected chi connectivity index (χ4v) is 3.85. The Kier molecular flexibility index (Phi) is 5.38. The van der Waals surface area contributed by atoms with E-state index in [1.807, 2.05) is 56.3 Å². The lowest BCUT2D eigenvalue weighted by molar-refractivity contribution is -0.116. The molecule has 4 rings (SSSR count). The average molecular weight is 418 g/mol. The SMILES string of the molecule is CC(=O)N(c1ccccc1Cl)c1onc(-c2c(C)cccc2C)c1-c1ccncc1. The Morgan fingerprint density at radius 1 is 0.933 bits per heavy atom. The van der Waals surface area contributed by atoms with Crippen LogP contribution in [0.5, 0.6) is 0 Å². The number of aryl methyl sites for hydroxylation is 2. The van der Waals surface area contributed by atoms with Crippen molar-refractivity contribution in [2.45, 2.75) is 20.8 Å². The van der Waals surface area contributed by atoms with Gasteiger partial charge in [0.05, 0.1) is 16.3 Å². The Balaban J connectivity index is 2.03. The van der Waals surface area contributed by atoms with Gasteiger partial charge in [-0.05, 0) is 54.8 Å². The highest BCUT2D eigenvalue weighted by Crippen LogP contribution is 2.44. The van der Waals surface area contributed by atoms with Crippen LogP contribution in [0.4, 0.5) is 11.6 Å². The molecule has 0 unspecified atom stereocenters. The molecule has 2 heterocycles. The third kappa shape index (κ3) is 3.48. The normalized spacial score (nSPS) is 10.8. The first-order chi connectivity index (χ1) is 14.5. The van der Waals surface area contributed by atoms with Crippen molar-refractivity contribution in [3.8, 4) is 22.4 Å². The van der Waals surface area contributed by atoms with E-state index in [2.05, 4.69) is 10.1 Å². The summed E-state index contributed by atoms with van der Waals surface area (Å²) in [7, 11) is 0. The minimum atomic E-state index is -0.234. The first-order valence-electron chi connectivity index (χ1n) is 9.51. The fraction of sp³-hybridized carbons (Fsp3) is 0.125. The third-order valence-electron chi connectivity index (χ3n) is 4.97. The second kappa shape index (κ2) is 8.13. The van der Waals surface area contributed by atoms with Crippen molar-refractivity contribution >= 4 is 29.1 Å². The average Bonchev–Trinajstić information content (AvgIpc) is 3.14. The number of benzene rings is 2. The monoisotopic (exact) mass is 417 g/mol. The molecule has 0 aliphatic heterocycles. The summed E-state index contributed by atoms with van der Waals surface area (Å²) in [6.45, 7) is 5.54. The van der Waals surface area contributed by atoms with E-state index in [4.69, 9.17) is 16.1 Å². The van der Waals surface area contributed by atoms with Gasteiger partial charge in [-0.3, -0.25) is 9.78 Å². The van der Waals surface area contributed by atoms with E-state index < -0.39 is 0 Å². The molecule has 5 nitrogen and oxygen atoms in total. The summed E-state index contributed by atoms with van der Waals surface area (Å²) in [5.74, 6) is 0.0852. The number of rotatable bonds is 4. The molecule has 0 aliphatic carbocycles. The first kappa shape index (κ1) is 19.9. The standard InChI is InChI=1S/C24H20ClN3O2/c1-15-7-6-8-16(2)21(15)23-22(18-11-13-26-14-12-18)24(30-27-23)28(17(3)29)20-10-5-4-9-19(20)25/h4-14H,1-3H3. The fourth-order valence-electron chi connectivity index (χ4n) is 3.63. The Morgan fingerprint density at radius 3 is 2.23 bits per heavy atom. The van der Waals surface area contributed by atoms with E-state index in [-0.39, 0.29) is 5.91 Å². The number of anilines is 2. The number of hydrogen-bond acceptors (Lipinski definition) is 4. The van der Waals surface area contributed by atoms with Gasteiger partial charge in [0.1, 0.15) is 5.69 Å². The quantitative estimate of drug-likeness (QED) is 0.387. The largest absolute Gasteiger partial charge is 0.337 e. The van der Waals surface area contributed by atoms with Crippen LogP contribution < -0.4 is 4.90 Å². The summed E-state index contributed by atoms with van der Waals surface area (Å²) < 4.78 is 5.82. The van der Waals surface area contributed by atoms with Crippen LogP contribution in [0.2, 0.25) is 5.02 Å². The van der Waals surface area contributed by atoms with Crippen LogP contribution in [0.3, 0.4) is 0 Å². The lowest BCUT2D eigenvalue weighted by Gasteiger charge is -2.20. The summed E-state index contributed by atoms with van der Waals surface area (Å²) in [4.78, 5) is 18.3. The zero-order valence-corrected chi connectivity index (χ0v) is 17.6. The lowest BCUT2D eigenvalue weighted by Crippen LogP contribution is -2.23. The first-order valence-corrected chi connectivity index (χ1v) is 9.88. The molecule has 0 saturated carbocycles. The summed E-state index contributed by atoms with van der Waals surface area (Å²) in [5.41, 5.74) is 5.87. The highest BCUT2D eigenvalue weighted by molar-refractivity contribution is 6.34. The Morgan fingerprint density at radius 2 is 1.60 bits per heavy atom. The van der Waals surface area contributed by atoms with E-state index in [0.29, 0.717) is 27.9 Å². The maximum absolute atomic E-state index is 12.7. The number of para-hydroxylation sites is 1. The number of hydrogen-bond donors (Lipinski definition) is 0. The molecule has 2 aromatic carbocycles. The van der Waals surface area contributed by atoms with Crippen molar-refractivity contribution in [2.24, 2.45) is 0 Å². The predicted molar refractivity (Wildman–Crippen MR) is 119 cm³/mol. The smallest absolute Gasteiger partial charge is 0.247 e. The molecule has 0 radical (unpaired) electrons. The van der Waals surface area contributed by atoms with Gasteiger partial charge < -0.3 is 4.52 Å². The number of carbonyl (C=O) groups is 1. The van der Waals surface area contributed by atoms with Crippen molar-refractivity contribution < 1.29 is 9.32 Å². The molecule has 2 aromatic heterocycles. The molecule has 0 spiro atoms. The Labute approximate surface area is 179 Å². The van der Waals surface area contributed by atoms with Gasteiger partial charge in [0.15, 0.2) is 0 Å². The topological polar surface area (TPSA) is 59.2 Å². The van der Waals surface area contributed by atoms with E-state index >= 15 is 0 Å². The highest BCUT2D eigenvalue weighted by Gasteiger charge is 2.29. The molecule has 4 aromatic rings. The van der Waals surface area contributed by atoms with Crippen LogP contribution in [0, 0.1) is 13.8 Å². The van der Waals surface area contributed by atoms with Crippen molar-refractivity contribution in [2.75, 3.05) is 4.90 Å². The van der Waals surface area contributed by atoms with Gasteiger partial charge in [-0.2, -0.15) is 0 Å². The van der Waals surface area contributed by atoms with Crippen molar-refractivity contribution in [1.82, 2.24) is 10.1 Å². The number of amides is 1. The second-order valence-electron chi connectivity index (χ2n) is 7.02. The zero-order valence-electron chi connectivity index (χ0n) is 16.9. The molecule has 6 heteroatoms. The minimum absolute atomic E-state index is 0.234. The molecule has 30 heavy (non-hydrogen) atoms. The van der Waals surface area contributed by atoms with Gasteiger partial charge in [-0.1, -0.05) is 47.1 Å². The molecule has 0 atom stereocenters. The predicted octanol–water partition coefficient (Wildman–Crippen LogP) is 6.36. The number of pyridine rings is 1. The molecule has 0 fully saturated rings. The second-order valence-corrected chi connectivity index (χ2v) is 7.43. The van der Waals surface area contributed by atoms with Crippen LogP contribution in [0.15, 0.2) is 71.5 Å². The molecule has 0 N–H and O–H groups in total. The van der Waals surface area contributed by atoms with E-state index in [1.54, 1.807) is 24.5 Å². The van der Waals surface area contributed by atoms with Crippen molar-refractivity contribution in [3.05, 3.63) is 83.1 Å². The maximum Gasteiger partial charge on any atom is 0.247 e. The molecule has 0 saturated heterocycles. The van der Waals surface area contributed by atoms with Crippen molar-refractivity contribution in [1.29, 1.82) is 0 Å². The van der Waals surface area contributed by atoms with Crippen LogP contribution in [0.1, 0.15) is 18.1 Å². The highest BCUT2D eigenvalue weighted by atomic mass is 35.5. The van der Waals surface area contributed by atoms with E-state index in [9.17, 15) is 4.79 Å². The van der Waals surface area contributed by atoms with Crippen LogP contribution in [-0.2, 0) is 4.79 Å². The molecule has 1 amide bonds. The number of aromatic nitrogens is 2. The zero-order chi connectivity index (χ0) is 21.3. The molecular formula is C24H20ClN3O2. The lowest BCUT2D eigenvalue weighted by atomic mass is 9.94. The van der Waals surface area contributed by atoms with E-state index in [1.165, 1.54) is 11.8 Å². The molecule has 0 aliphatic rings. The van der Waals surface area contributed by atoms with Crippen LogP contribution >= 0.6 is 11.6 Å². The minimum Gasteiger partial charge on any atom is -0.337 e. The Bertz CT molecular complexity index is 1200. The molecular weight excluding hydrogens is 398 g/mol. The van der Waals surface area contributed by atoms with Crippen LogP contribution in [-0.4, -0.2) is 16.0 Å². The van der Waals surface area contributed by atoms with Gasteiger partial charge >= 0.3 is 0 Å². The molecule has 150 valence electrons. The summed E-state index contributed by atoms with van der Waals surface area (Å²) in [6, 6.07) is 17.0. The number of nitrogens with zero attached hydrogens (tertiary/aromatic N) is 3. The van der Waals surface area contributed by atoms with Gasteiger partial charge in [0, 0.05) is 24.9 Å². The van der Waals surface area contributed by atoms with Gasteiger partial charge in [-0.25, -0.2) is 4.90 Å². The number of carbonyl (C=O) groups excluding carboxylic acids is 1. The van der Waals surface area contributed by atoms with Gasteiger partial charge in [0.2, 0.25) is 11.8 Å². The van der Waals surface area contributed by atoms with Crippen molar-refractivity contribution in [3.63, 3.8) is 0 Å². The van der Waals surface area contributed by atoms with Gasteiger partial charge in [-0.15, -0.1) is 0 Å². The molecule has 0 bridgehead atoms. The summed E-state index contributed by atoms with van der Waals surface area (Å²) in [6.07, 6.45) is 3.41. The van der Waals surface area contributed by atoms with E-state index in [0.717, 1.165) is 22.3 Å². The van der Waals surface area contributed by atoms with Gasteiger partial charge in [0.25, 0.3) is 0 Å². The maximum atomic E-state index is 12.7. The third-order valence-corrected chi connectivity index (χ3v) is 5.29. The summed E-state index contributed by atoms with van der Waals surface area (Å²) >= 11 is 6.42. The Hall–Kier alpha value is -3.44. The number of halogens is 1. The summed E-state index contributed by atoms with van der Waals surface area (Å²) in [5, 5.41) is 4.85. The van der Waals surface area contributed by atoms with Crippen LogP contribution in [0.25, 0.3) is 22.4 Å².